The smallest absolute Gasteiger partial charge is 0.137 e. The fourth-order valence-electron chi connectivity index (χ4n) is 6.65. The lowest BCUT2D eigenvalue weighted by Crippen LogP contribution is -2.38. The highest BCUT2D eigenvalue weighted by atomic mass is 35.5. The normalized spacial score (nSPS) is 24.2. The van der Waals surface area contributed by atoms with Gasteiger partial charge < -0.3 is 15.4 Å². The maximum Gasteiger partial charge on any atom is 0.137 e. The molecule has 0 fully saturated rings. The van der Waals surface area contributed by atoms with Crippen molar-refractivity contribution in [2.24, 2.45) is 35.5 Å². The zero-order valence-corrected chi connectivity index (χ0v) is 30.1. The van der Waals surface area contributed by atoms with Gasteiger partial charge in [0, 0.05) is 17.9 Å². The molecule has 0 aromatic heterocycles. The molecule has 0 aliphatic carbocycles. The van der Waals surface area contributed by atoms with Gasteiger partial charge in [0.1, 0.15) is 5.75 Å². The first-order valence-corrected chi connectivity index (χ1v) is 17.5. The quantitative estimate of drug-likeness (QED) is 0.267. The SMILES string of the molecule is C=C1/C=C/C[C@@H](C(C)[C@H](C)Cc2ccccc2)CC(=C)C(CC(C)C)CC(=C)C(C)CNC(=C)[C@@H](Cc2ccc(OC)c(Cl)c2)N1. The predicted octanol–water partition coefficient (Wildman–Crippen LogP) is 10.7. The molecule has 0 amide bonds. The number of ether oxygens (including phenoxy) is 1. The van der Waals surface area contributed by atoms with Crippen LogP contribution in [0.15, 0.2) is 110 Å². The minimum atomic E-state index is -0.0657. The minimum absolute atomic E-state index is 0.0657. The maximum atomic E-state index is 6.49. The summed E-state index contributed by atoms with van der Waals surface area (Å²) in [6.45, 7) is 30.7. The van der Waals surface area contributed by atoms with E-state index in [4.69, 9.17) is 22.9 Å². The van der Waals surface area contributed by atoms with Crippen LogP contribution in [-0.2, 0) is 12.8 Å². The Balaban J connectivity index is 1.89. The van der Waals surface area contributed by atoms with Crippen molar-refractivity contribution in [1.82, 2.24) is 10.6 Å². The first-order valence-electron chi connectivity index (χ1n) is 17.1. The average Bonchev–Trinajstić information content (AvgIpc) is 3.01. The van der Waals surface area contributed by atoms with Crippen molar-refractivity contribution >= 4 is 11.6 Å². The summed E-state index contributed by atoms with van der Waals surface area (Å²) in [5, 5.41) is 7.89. The van der Waals surface area contributed by atoms with Crippen molar-refractivity contribution in [3.63, 3.8) is 0 Å². The van der Waals surface area contributed by atoms with Crippen LogP contribution in [0, 0.1) is 35.5 Å². The molecule has 0 spiro atoms. The molecule has 3 unspecified atom stereocenters. The molecule has 46 heavy (non-hydrogen) atoms. The Morgan fingerprint density at radius 3 is 2.30 bits per heavy atom. The van der Waals surface area contributed by atoms with E-state index in [1.165, 1.54) is 16.7 Å². The van der Waals surface area contributed by atoms with Gasteiger partial charge >= 0.3 is 0 Å². The van der Waals surface area contributed by atoms with Crippen molar-refractivity contribution in [2.75, 3.05) is 13.7 Å². The van der Waals surface area contributed by atoms with Crippen molar-refractivity contribution < 1.29 is 4.74 Å². The van der Waals surface area contributed by atoms with Crippen molar-refractivity contribution in [3.05, 3.63) is 126 Å². The molecule has 1 heterocycles. The second-order valence-corrected chi connectivity index (χ2v) is 14.6. The van der Waals surface area contributed by atoms with Crippen LogP contribution in [0.2, 0.25) is 5.02 Å². The highest BCUT2D eigenvalue weighted by Gasteiger charge is 2.27. The van der Waals surface area contributed by atoms with E-state index >= 15 is 0 Å². The van der Waals surface area contributed by atoms with Crippen LogP contribution in [-0.4, -0.2) is 19.7 Å². The highest BCUT2D eigenvalue weighted by molar-refractivity contribution is 6.32. The first kappa shape index (κ1) is 37.3. The summed E-state index contributed by atoms with van der Waals surface area (Å²) in [6.07, 6.45) is 10.4. The summed E-state index contributed by atoms with van der Waals surface area (Å²) < 4.78 is 5.37. The van der Waals surface area contributed by atoms with Crippen molar-refractivity contribution in [2.45, 2.75) is 79.2 Å². The first-order chi connectivity index (χ1) is 21.9. The summed E-state index contributed by atoms with van der Waals surface area (Å²) in [5.41, 5.74) is 6.96. The number of nitrogens with one attached hydrogen (secondary N) is 2. The molecule has 1 aliphatic heterocycles. The van der Waals surface area contributed by atoms with E-state index in [1.807, 2.05) is 12.1 Å². The Morgan fingerprint density at radius 1 is 0.935 bits per heavy atom. The minimum Gasteiger partial charge on any atom is -0.495 e. The summed E-state index contributed by atoms with van der Waals surface area (Å²) in [7, 11) is 1.64. The Bertz CT molecular complexity index is 1340. The van der Waals surface area contributed by atoms with E-state index in [2.05, 4.69) is 114 Å². The number of methoxy groups -OCH3 is 1. The molecule has 1 aliphatic rings. The summed E-state index contributed by atoms with van der Waals surface area (Å²) in [4.78, 5) is 0. The average molecular weight is 643 g/mol. The fourth-order valence-corrected chi connectivity index (χ4v) is 6.93. The molecule has 2 N–H and O–H groups in total. The monoisotopic (exact) mass is 642 g/mol. The number of rotatable bonds is 9. The molecule has 0 saturated heterocycles. The van der Waals surface area contributed by atoms with Gasteiger partial charge in [-0.15, -0.1) is 0 Å². The van der Waals surface area contributed by atoms with Gasteiger partial charge in [-0.05, 0) is 103 Å². The van der Waals surface area contributed by atoms with Crippen LogP contribution < -0.4 is 15.4 Å². The van der Waals surface area contributed by atoms with Crippen LogP contribution in [0.25, 0.3) is 0 Å². The highest BCUT2D eigenvalue weighted by Crippen LogP contribution is 2.37. The van der Waals surface area contributed by atoms with E-state index in [1.54, 1.807) is 7.11 Å². The summed E-state index contributed by atoms with van der Waals surface area (Å²) >= 11 is 6.49. The largest absolute Gasteiger partial charge is 0.495 e. The van der Waals surface area contributed by atoms with Gasteiger partial charge in [-0.1, -0.05) is 126 Å². The Kier molecular flexibility index (Phi) is 14.8. The predicted molar refractivity (Wildman–Crippen MR) is 200 cm³/mol. The second-order valence-electron chi connectivity index (χ2n) is 14.2. The Labute approximate surface area is 285 Å². The molecular formula is C42H59ClN2O. The van der Waals surface area contributed by atoms with E-state index in [0.29, 0.717) is 52.7 Å². The fraction of sp³-hybridized carbons (Fsp3) is 0.476. The van der Waals surface area contributed by atoms with Gasteiger partial charge in [0.25, 0.3) is 0 Å². The van der Waals surface area contributed by atoms with E-state index in [0.717, 1.165) is 55.6 Å². The molecule has 3 rings (SSSR count). The van der Waals surface area contributed by atoms with Gasteiger partial charge in [-0.25, -0.2) is 0 Å². The molecular weight excluding hydrogens is 584 g/mol. The molecule has 3 nitrogen and oxygen atoms in total. The van der Waals surface area contributed by atoms with Crippen molar-refractivity contribution in [1.29, 1.82) is 0 Å². The topological polar surface area (TPSA) is 33.3 Å². The van der Waals surface area contributed by atoms with Gasteiger partial charge in [-0.3, -0.25) is 0 Å². The molecule has 250 valence electrons. The molecule has 4 heteroatoms. The molecule has 2 aromatic rings. The zero-order valence-electron chi connectivity index (χ0n) is 29.4. The van der Waals surface area contributed by atoms with Gasteiger partial charge in [-0.2, -0.15) is 0 Å². The lowest BCUT2D eigenvalue weighted by Gasteiger charge is -2.33. The standard InChI is InChI=1S/C42H59ClN2O/c1-28(2)21-39-23-29(3)32(6)27-44-35(9)41(26-37-19-20-42(46-10)40(43)25-37)45-33(7)15-14-18-38(24-31(39)5)34(8)30(4)22-36-16-12-11-13-17-36/h11-17,19-20,25,28,30,32,34,38-39,41,44-45H,3,5,7,9,18,21-24,26-27H2,1-2,4,6,8,10H3/b15-14+/t30-,32?,34?,38-,39?,41-/m1/s1. The van der Waals surface area contributed by atoms with E-state index in [-0.39, 0.29) is 6.04 Å². The molecule has 2 aromatic carbocycles. The number of allylic oxidation sites excluding steroid dienone is 3. The number of hydrogen-bond acceptors (Lipinski definition) is 3. The Hall–Kier alpha value is -3.17. The molecule has 0 saturated carbocycles. The van der Waals surface area contributed by atoms with E-state index < -0.39 is 0 Å². The number of benzene rings is 2. The third-order valence-corrected chi connectivity index (χ3v) is 10.2. The van der Waals surface area contributed by atoms with Crippen LogP contribution in [0.3, 0.4) is 0 Å². The third kappa shape index (κ3) is 11.6. The Morgan fingerprint density at radius 2 is 1.65 bits per heavy atom. The van der Waals surface area contributed by atoms with Gasteiger partial charge in [0.05, 0.1) is 18.2 Å². The zero-order chi connectivity index (χ0) is 33.8. The van der Waals surface area contributed by atoms with Crippen LogP contribution in [0.4, 0.5) is 0 Å². The lowest BCUT2D eigenvalue weighted by atomic mass is 9.73. The summed E-state index contributed by atoms with van der Waals surface area (Å²) in [6, 6.07) is 16.8. The van der Waals surface area contributed by atoms with Gasteiger partial charge in [0.15, 0.2) is 0 Å². The van der Waals surface area contributed by atoms with Crippen LogP contribution >= 0.6 is 11.6 Å². The van der Waals surface area contributed by atoms with E-state index in [9.17, 15) is 0 Å². The summed E-state index contributed by atoms with van der Waals surface area (Å²) in [5.74, 6) is 3.56. The van der Waals surface area contributed by atoms with Crippen LogP contribution in [0.1, 0.15) is 71.4 Å². The molecule has 0 bridgehead atoms. The van der Waals surface area contributed by atoms with Gasteiger partial charge in [0.2, 0.25) is 0 Å². The lowest BCUT2D eigenvalue weighted by molar-refractivity contribution is 0.251. The van der Waals surface area contributed by atoms with Crippen molar-refractivity contribution in [3.8, 4) is 5.75 Å². The maximum absolute atomic E-state index is 6.49. The molecule has 6 atom stereocenters. The number of halogens is 1. The molecule has 0 radical (unpaired) electrons. The van der Waals surface area contributed by atoms with Crippen LogP contribution in [0.5, 0.6) is 5.75 Å². The number of hydrogen-bond donors (Lipinski definition) is 2. The third-order valence-electron chi connectivity index (χ3n) is 9.93. The second kappa shape index (κ2) is 18.2.